The Morgan fingerprint density at radius 1 is 1.36 bits per heavy atom. The first-order valence-corrected chi connectivity index (χ1v) is 6.74. The van der Waals surface area contributed by atoms with E-state index in [1.54, 1.807) is 0 Å². The summed E-state index contributed by atoms with van der Waals surface area (Å²) in [4.78, 5) is 0. The van der Waals surface area contributed by atoms with Gasteiger partial charge in [-0.15, -0.1) is 0 Å². The lowest BCUT2D eigenvalue weighted by Crippen LogP contribution is -2.14. The molecule has 1 aromatic carbocycles. The van der Waals surface area contributed by atoms with Gasteiger partial charge in [-0.05, 0) is 81.4 Å². The van der Waals surface area contributed by atoms with Crippen LogP contribution >= 0.6 is 38.5 Å². The second-order valence-corrected chi connectivity index (χ2v) is 5.96. The van der Waals surface area contributed by atoms with E-state index in [0.717, 1.165) is 6.42 Å². The zero-order valence-corrected chi connectivity index (χ0v) is 11.6. The number of benzene rings is 1. The van der Waals surface area contributed by atoms with Crippen molar-refractivity contribution in [3.05, 3.63) is 31.8 Å². The topological polar surface area (TPSA) is 26.0 Å². The van der Waals surface area contributed by atoms with Gasteiger partial charge in [0.25, 0.3) is 0 Å². The van der Waals surface area contributed by atoms with E-state index >= 15 is 0 Å². The molecule has 2 atom stereocenters. The molecule has 2 rings (SSSR count). The van der Waals surface area contributed by atoms with Gasteiger partial charge in [0, 0.05) is 14.1 Å². The summed E-state index contributed by atoms with van der Waals surface area (Å²) in [6.07, 6.45) is 3.58. The first kappa shape index (κ1) is 10.9. The highest BCUT2D eigenvalue weighted by atomic mass is 127. The van der Waals surface area contributed by atoms with E-state index in [9.17, 15) is 0 Å². The quantitative estimate of drug-likeness (QED) is 0.755. The number of hydrogen-bond donors (Lipinski definition) is 1. The highest BCUT2D eigenvalue weighted by Gasteiger charge is 2.23. The highest BCUT2D eigenvalue weighted by molar-refractivity contribution is 14.1. The fourth-order valence-electron chi connectivity index (χ4n) is 2.09. The van der Waals surface area contributed by atoms with Crippen molar-refractivity contribution >= 4 is 38.5 Å². The molecule has 1 fully saturated rings. The van der Waals surface area contributed by atoms with Gasteiger partial charge in [0.15, 0.2) is 0 Å². The molecule has 3 heteroatoms. The van der Waals surface area contributed by atoms with E-state index in [4.69, 9.17) is 5.73 Å². The molecular weight excluding hydrogens is 353 g/mol. The molecule has 0 spiro atoms. The number of rotatable bonds is 1. The van der Waals surface area contributed by atoms with Crippen molar-refractivity contribution in [3.8, 4) is 0 Å². The van der Waals surface area contributed by atoms with Crippen molar-refractivity contribution < 1.29 is 0 Å². The van der Waals surface area contributed by atoms with Crippen molar-refractivity contribution in [2.45, 2.75) is 31.2 Å². The Morgan fingerprint density at radius 3 is 2.71 bits per heavy atom. The summed E-state index contributed by atoms with van der Waals surface area (Å²) in [6.45, 7) is 0. The number of nitrogens with two attached hydrogens (primary N) is 1. The average Bonchev–Trinajstić information content (AvgIpc) is 2.57. The van der Waals surface area contributed by atoms with E-state index < -0.39 is 0 Å². The van der Waals surface area contributed by atoms with Crippen LogP contribution in [0.2, 0.25) is 0 Å². The van der Waals surface area contributed by atoms with Crippen LogP contribution in [0.1, 0.15) is 30.7 Å². The van der Waals surface area contributed by atoms with Crippen LogP contribution in [0.5, 0.6) is 0 Å². The van der Waals surface area contributed by atoms with Gasteiger partial charge in [-0.2, -0.15) is 0 Å². The molecule has 2 unspecified atom stereocenters. The first-order valence-electron chi connectivity index (χ1n) is 4.87. The summed E-state index contributed by atoms with van der Waals surface area (Å²) in [6, 6.07) is 7.05. The predicted octanol–water partition coefficient (Wildman–Crippen LogP) is 3.65. The van der Waals surface area contributed by atoms with Crippen LogP contribution in [-0.4, -0.2) is 6.04 Å². The Hall–Kier alpha value is 0.390. The van der Waals surface area contributed by atoms with Crippen LogP contribution in [0.15, 0.2) is 22.7 Å². The van der Waals surface area contributed by atoms with Crippen molar-refractivity contribution in [1.29, 1.82) is 0 Å². The van der Waals surface area contributed by atoms with Crippen LogP contribution < -0.4 is 5.73 Å². The monoisotopic (exact) mass is 365 g/mol. The fourth-order valence-corrected chi connectivity index (χ4v) is 2.87. The van der Waals surface area contributed by atoms with Crippen molar-refractivity contribution in [2.75, 3.05) is 0 Å². The third-order valence-electron chi connectivity index (χ3n) is 2.89. The maximum Gasteiger partial charge on any atom is 0.0309 e. The summed E-state index contributed by atoms with van der Waals surface area (Å²) in [7, 11) is 0. The van der Waals surface area contributed by atoms with Gasteiger partial charge in [-0.25, -0.2) is 0 Å². The number of halogens is 2. The SMILES string of the molecule is NC1CCC(c2ccc(Br)c(I)c2)C1. The van der Waals surface area contributed by atoms with Crippen molar-refractivity contribution in [2.24, 2.45) is 5.73 Å². The molecule has 0 aromatic heterocycles. The third kappa shape index (κ3) is 2.31. The summed E-state index contributed by atoms with van der Waals surface area (Å²) >= 11 is 5.88. The van der Waals surface area contributed by atoms with Gasteiger partial charge in [0.2, 0.25) is 0 Å². The van der Waals surface area contributed by atoms with Crippen LogP contribution in [0.3, 0.4) is 0 Å². The highest BCUT2D eigenvalue weighted by Crippen LogP contribution is 2.35. The van der Waals surface area contributed by atoms with Crippen LogP contribution in [0.4, 0.5) is 0 Å². The Balaban J connectivity index is 2.20. The summed E-state index contributed by atoms with van der Waals surface area (Å²) in [5, 5.41) is 0. The Kier molecular flexibility index (Phi) is 3.50. The molecule has 0 heterocycles. The molecule has 0 bridgehead atoms. The number of hydrogen-bond acceptors (Lipinski definition) is 1. The molecular formula is C11H13BrIN. The molecule has 0 amide bonds. The lowest BCUT2D eigenvalue weighted by molar-refractivity contribution is 0.674. The van der Waals surface area contributed by atoms with E-state index in [1.807, 2.05) is 0 Å². The van der Waals surface area contributed by atoms with Gasteiger partial charge >= 0.3 is 0 Å². The van der Waals surface area contributed by atoms with Crippen molar-refractivity contribution in [1.82, 2.24) is 0 Å². The summed E-state index contributed by atoms with van der Waals surface area (Å²) in [5.41, 5.74) is 7.37. The second-order valence-electron chi connectivity index (χ2n) is 3.94. The average molecular weight is 366 g/mol. The molecule has 1 nitrogen and oxygen atoms in total. The molecule has 1 aromatic rings. The minimum absolute atomic E-state index is 0.418. The molecule has 1 aliphatic carbocycles. The van der Waals surface area contributed by atoms with Crippen molar-refractivity contribution in [3.63, 3.8) is 0 Å². The maximum absolute atomic E-state index is 5.92. The van der Waals surface area contributed by atoms with Gasteiger partial charge in [-0.1, -0.05) is 6.07 Å². The normalized spacial score (nSPS) is 26.8. The van der Waals surface area contributed by atoms with Gasteiger partial charge in [0.1, 0.15) is 0 Å². The molecule has 2 N–H and O–H groups in total. The van der Waals surface area contributed by atoms with Crippen LogP contribution in [0, 0.1) is 3.57 Å². The van der Waals surface area contributed by atoms with E-state index in [1.165, 1.54) is 26.4 Å². The lowest BCUT2D eigenvalue weighted by atomic mass is 9.98. The van der Waals surface area contributed by atoms with E-state index in [-0.39, 0.29) is 0 Å². The minimum Gasteiger partial charge on any atom is -0.328 e. The minimum atomic E-state index is 0.418. The Labute approximate surface area is 107 Å². The molecule has 0 saturated heterocycles. The van der Waals surface area contributed by atoms with E-state index in [2.05, 4.69) is 56.7 Å². The largest absolute Gasteiger partial charge is 0.328 e. The van der Waals surface area contributed by atoms with Gasteiger partial charge in [0.05, 0.1) is 0 Å². The standard InChI is InChI=1S/C11H13BrIN/c12-10-4-2-8(6-11(10)13)7-1-3-9(14)5-7/h2,4,6-7,9H,1,3,5,14H2. The second kappa shape index (κ2) is 4.49. The summed E-state index contributed by atoms with van der Waals surface area (Å²) < 4.78 is 2.48. The molecule has 0 radical (unpaired) electrons. The molecule has 1 aliphatic rings. The third-order valence-corrected chi connectivity index (χ3v) is 5.21. The zero-order chi connectivity index (χ0) is 10.1. The van der Waals surface area contributed by atoms with E-state index in [0.29, 0.717) is 12.0 Å². The Morgan fingerprint density at radius 2 is 2.14 bits per heavy atom. The fraction of sp³-hybridized carbons (Fsp3) is 0.455. The van der Waals surface area contributed by atoms with Gasteiger partial charge < -0.3 is 5.73 Å². The maximum atomic E-state index is 5.92. The summed E-state index contributed by atoms with van der Waals surface area (Å²) in [5.74, 6) is 0.687. The van der Waals surface area contributed by atoms with Crippen LogP contribution in [-0.2, 0) is 0 Å². The Bertz CT molecular complexity index is 340. The van der Waals surface area contributed by atoms with Gasteiger partial charge in [-0.3, -0.25) is 0 Å². The molecule has 14 heavy (non-hydrogen) atoms. The molecule has 1 saturated carbocycles. The molecule has 0 aliphatic heterocycles. The molecule has 76 valence electrons. The first-order chi connectivity index (χ1) is 6.66. The smallest absolute Gasteiger partial charge is 0.0309 e. The van der Waals surface area contributed by atoms with Crippen LogP contribution in [0.25, 0.3) is 0 Å². The lowest BCUT2D eigenvalue weighted by Gasteiger charge is -2.10. The zero-order valence-electron chi connectivity index (χ0n) is 7.84. The predicted molar refractivity (Wildman–Crippen MR) is 71.4 cm³/mol.